The fourth-order valence-corrected chi connectivity index (χ4v) is 1.90. The number of carbonyl (C=O) groups excluding carboxylic acids is 1. The Balaban J connectivity index is 2.24. The first-order valence-electron chi connectivity index (χ1n) is 5.37. The second kappa shape index (κ2) is 4.14. The van der Waals surface area contributed by atoms with Gasteiger partial charge in [-0.05, 0) is 23.3 Å². The number of rotatable bonds is 1. The van der Waals surface area contributed by atoms with E-state index in [1.807, 2.05) is 6.07 Å². The van der Waals surface area contributed by atoms with Gasteiger partial charge in [0.15, 0.2) is 0 Å². The topological polar surface area (TPSA) is 35.6 Å². The van der Waals surface area contributed by atoms with Crippen LogP contribution in [0.2, 0.25) is 0 Å². The van der Waals surface area contributed by atoms with E-state index in [-0.39, 0.29) is 6.03 Å². The van der Waals surface area contributed by atoms with E-state index >= 15 is 0 Å². The lowest BCUT2D eigenvalue weighted by Crippen LogP contribution is -2.36. The van der Waals surface area contributed by atoms with Gasteiger partial charge in [0.1, 0.15) is 0 Å². The molecule has 0 saturated heterocycles. The van der Waals surface area contributed by atoms with Crippen molar-refractivity contribution < 1.29 is 4.79 Å². The maximum atomic E-state index is 11.8. The van der Waals surface area contributed by atoms with Crippen LogP contribution >= 0.6 is 0 Å². The Labute approximate surface area is 95.8 Å². The Morgan fingerprint density at radius 2 is 1.88 bits per heavy atom. The van der Waals surface area contributed by atoms with Crippen LogP contribution in [0.25, 0.3) is 0 Å². The van der Waals surface area contributed by atoms with Crippen molar-refractivity contribution in [2.75, 3.05) is 26.0 Å². The van der Waals surface area contributed by atoms with Gasteiger partial charge in [0, 0.05) is 39.9 Å². The summed E-state index contributed by atoms with van der Waals surface area (Å²) in [7, 11) is 5.31. The van der Waals surface area contributed by atoms with Crippen LogP contribution in [0, 0.1) is 0 Å². The summed E-state index contributed by atoms with van der Waals surface area (Å²) < 4.78 is 0. The molecule has 0 aliphatic carbocycles. The number of hydrogen-bond donors (Lipinski definition) is 1. The Hall–Kier alpha value is -1.55. The van der Waals surface area contributed by atoms with Gasteiger partial charge in [0.2, 0.25) is 0 Å². The average molecular weight is 219 g/mol. The van der Waals surface area contributed by atoms with E-state index in [0.29, 0.717) is 0 Å². The molecule has 0 bridgehead atoms. The number of hydrogen-bond acceptors (Lipinski definition) is 2. The van der Waals surface area contributed by atoms with Gasteiger partial charge >= 0.3 is 6.03 Å². The van der Waals surface area contributed by atoms with Crippen LogP contribution in [0.3, 0.4) is 0 Å². The van der Waals surface area contributed by atoms with Crippen molar-refractivity contribution in [3.8, 4) is 0 Å². The number of urea groups is 1. The number of nitrogens with zero attached hydrogens (tertiary/aromatic N) is 2. The first kappa shape index (κ1) is 11.0. The van der Waals surface area contributed by atoms with Gasteiger partial charge in [-0.2, -0.15) is 0 Å². The molecular weight excluding hydrogens is 202 g/mol. The average Bonchev–Trinajstić information content (AvgIpc) is 2.73. The molecule has 1 aromatic carbocycles. The lowest BCUT2D eigenvalue weighted by Gasteiger charge is -2.22. The van der Waals surface area contributed by atoms with Crippen molar-refractivity contribution in [2.24, 2.45) is 0 Å². The van der Waals surface area contributed by atoms with Crippen molar-refractivity contribution in [3.05, 3.63) is 29.3 Å². The minimum atomic E-state index is -0.00842. The highest BCUT2D eigenvalue weighted by Crippen LogP contribution is 2.22. The summed E-state index contributed by atoms with van der Waals surface area (Å²) in [5.41, 5.74) is 3.56. The SMILES string of the molecule is CN(C)C(=O)N(C)c1ccc2c(c1)CNC2. The molecule has 0 saturated carbocycles. The van der Waals surface area contributed by atoms with E-state index in [1.165, 1.54) is 11.1 Å². The van der Waals surface area contributed by atoms with Gasteiger partial charge in [-0.15, -0.1) is 0 Å². The van der Waals surface area contributed by atoms with Crippen LogP contribution in [-0.4, -0.2) is 32.1 Å². The largest absolute Gasteiger partial charge is 0.330 e. The van der Waals surface area contributed by atoms with Crippen LogP contribution in [0.1, 0.15) is 11.1 Å². The van der Waals surface area contributed by atoms with Gasteiger partial charge in [-0.25, -0.2) is 4.79 Å². The maximum Gasteiger partial charge on any atom is 0.323 e. The number of amides is 2. The molecule has 2 amide bonds. The molecule has 1 heterocycles. The molecule has 4 heteroatoms. The minimum absolute atomic E-state index is 0.00842. The molecular formula is C12H17N3O. The highest BCUT2D eigenvalue weighted by atomic mass is 16.2. The third-order valence-electron chi connectivity index (χ3n) is 2.88. The van der Waals surface area contributed by atoms with Crippen LogP contribution in [0.15, 0.2) is 18.2 Å². The number of benzene rings is 1. The quantitative estimate of drug-likeness (QED) is 0.775. The standard InChI is InChI=1S/C12H17N3O/c1-14(2)12(16)15(3)11-5-4-9-7-13-8-10(9)6-11/h4-6,13H,7-8H2,1-3H3. The van der Waals surface area contributed by atoms with Crippen LogP contribution in [0.5, 0.6) is 0 Å². The number of nitrogens with one attached hydrogen (secondary N) is 1. The third-order valence-corrected chi connectivity index (χ3v) is 2.88. The van der Waals surface area contributed by atoms with Crippen molar-refractivity contribution >= 4 is 11.7 Å². The molecule has 0 unspecified atom stereocenters. The monoisotopic (exact) mass is 219 g/mol. The molecule has 1 aliphatic rings. The first-order chi connectivity index (χ1) is 7.59. The molecule has 16 heavy (non-hydrogen) atoms. The normalized spacial score (nSPS) is 13.4. The van der Waals surface area contributed by atoms with Gasteiger partial charge in [0.25, 0.3) is 0 Å². The minimum Gasteiger partial charge on any atom is -0.330 e. The Bertz CT molecular complexity index is 415. The molecule has 86 valence electrons. The fourth-order valence-electron chi connectivity index (χ4n) is 1.90. The molecule has 1 aliphatic heterocycles. The molecule has 0 fully saturated rings. The summed E-state index contributed by atoms with van der Waals surface area (Å²) in [6, 6.07) is 6.15. The second-order valence-electron chi connectivity index (χ2n) is 4.29. The van der Waals surface area contributed by atoms with E-state index in [0.717, 1.165) is 18.8 Å². The number of fused-ring (bicyclic) bond motifs is 1. The van der Waals surface area contributed by atoms with Crippen LogP contribution in [-0.2, 0) is 13.1 Å². The Morgan fingerprint density at radius 3 is 2.56 bits per heavy atom. The Morgan fingerprint density at radius 1 is 1.19 bits per heavy atom. The fraction of sp³-hybridized carbons (Fsp3) is 0.417. The molecule has 0 atom stereocenters. The molecule has 0 spiro atoms. The van der Waals surface area contributed by atoms with Crippen LogP contribution < -0.4 is 10.2 Å². The Kier molecular flexibility index (Phi) is 2.83. The molecule has 2 rings (SSSR count). The molecule has 1 aromatic rings. The molecule has 0 aromatic heterocycles. The van der Waals surface area contributed by atoms with Gasteiger partial charge in [-0.3, -0.25) is 4.90 Å². The predicted molar refractivity (Wildman–Crippen MR) is 64.5 cm³/mol. The van der Waals surface area contributed by atoms with E-state index in [9.17, 15) is 4.79 Å². The zero-order chi connectivity index (χ0) is 11.7. The van der Waals surface area contributed by atoms with Crippen molar-refractivity contribution in [3.63, 3.8) is 0 Å². The second-order valence-corrected chi connectivity index (χ2v) is 4.29. The summed E-state index contributed by atoms with van der Waals surface area (Å²) in [5, 5.41) is 3.29. The van der Waals surface area contributed by atoms with E-state index in [2.05, 4.69) is 17.4 Å². The van der Waals surface area contributed by atoms with Crippen LogP contribution in [0.4, 0.5) is 10.5 Å². The lowest BCUT2D eigenvalue weighted by atomic mass is 10.1. The summed E-state index contributed by atoms with van der Waals surface area (Å²) in [6.07, 6.45) is 0. The number of anilines is 1. The van der Waals surface area contributed by atoms with E-state index < -0.39 is 0 Å². The van der Waals surface area contributed by atoms with E-state index in [1.54, 1.807) is 30.9 Å². The summed E-state index contributed by atoms with van der Waals surface area (Å²) >= 11 is 0. The molecule has 4 nitrogen and oxygen atoms in total. The predicted octanol–water partition coefficient (Wildman–Crippen LogP) is 1.41. The first-order valence-corrected chi connectivity index (χ1v) is 5.37. The zero-order valence-electron chi connectivity index (χ0n) is 9.95. The summed E-state index contributed by atoms with van der Waals surface area (Å²) in [4.78, 5) is 15.0. The molecule has 1 N–H and O–H groups in total. The number of carbonyl (C=O) groups is 1. The van der Waals surface area contributed by atoms with Gasteiger partial charge in [-0.1, -0.05) is 6.07 Å². The van der Waals surface area contributed by atoms with Crippen molar-refractivity contribution in [1.29, 1.82) is 0 Å². The maximum absolute atomic E-state index is 11.8. The summed E-state index contributed by atoms with van der Waals surface area (Å²) in [6.45, 7) is 1.83. The van der Waals surface area contributed by atoms with Crippen molar-refractivity contribution in [1.82, 2.24) is 10.2 Å². The zero-order valence-corrected chi connectivity index (χ0v) is 9.95. The highest BCUT2D eigenvalue weighted by Gasteiger charge is 2.16. The third kappa shape index (κ3) is 1.88. The van der Waals surface area contributed by atoms with Crippen molar-refractivity contribution in [2.45, 2.75) is 13.1 Å². The van der Waals surface area contributed by atoms with Gasteiger partial charge < -0.3 is 10.2 Å². The lowest BCUT2D eigenvalue weighted by molar-refractivity contribution is 0.225. The smallest absolute Gasteiger partial charge is 0.323 e. The van der Waals surface area contributed by atoms with Gasteiger partial charge in [0.05, 0.1) is 0 Å². The highest BCUT2D eigenvalue weighted by molar-refractivity contribution is 5.91. The molecule has 0 radical (unpaired) electrons. The summed E-state index contributed by atoms with van der Waals surface area (Å²) in [5.74, 6) is 0. The van der Waals surface area contributed by atoms with E-state index in [4.69, 9.17) is 0 Å².